The minimum Gasteiger partial charge on any atom is -0.478 e. The molecule has 3 atom stereocenters. The van der Waals surface area contributed by atoms with Crippen LogP contribution >= 0.6 is 0 Å². The smallest absolute Gasteiger partial charge is 0.335 e. The maximum Gasteiger partial charge on any atom is 0.335 e. The van der Waals surface area contributed by atoms with E-state index in [1.165, 1.54) is 12.1 Å². The van der Waals surface area contributed by atoms with Gasteiger partial charge in [-0.3, -0.25) is 9.59 Å². The van der Waals surface area contributed by atoms with Gasteiger partial charge in [0.1, 0.15) is 6.04 Å². The summed E-state index contributed by atoms with van der Waals surface area (Å²) in [5, 5.41) is 12.2. The van der Waals surface area contributed by atoms with Gasteiger partial charge in [0.05, 0.1) is 5.56 Å². The van der Waals surface area contributed by atoms with Gasteiger partial charge in [-0.1, -0.05) is 30.9 Å². The summed E-state index contributed by atoms with van der Waals surface area (Å²) >= 11 is 0. The number of carbonyl (C=O) groups is 3. The van der Waals surface area contributed by atoms with Crippen LogP contribution in [0.5, 0.6) is 0 Å². The molecule has 0 spiro atoms. The Morgan fingerprint density at radius 3 is 2.44 bits per heavy atom. The minimum absolute atomic E-state index is 0.0314. The van der Waals surface area contributed by atoms with Gasteiger partial charge in [0.2, 0.25) is 11.8 Å². The molecule has 0 aromatic heterocycles. The molecule has 3 rings (SSSR count). The molecule has 0 bridgehead atoms. The predicted molar refractivity (Wildman–Crippen MR) is 143 cm³/mol. The number of rotatable bonds is 8. The third kappa shape index (κ3) is 6.32. The van der Waals surface area contributed by atoms with Crippen molar-refractivity contribution in [2.45, 2.75) is 65.0 Å². The van der Waals surface area contributed by atoms with Gasteiger partial charge in [0.25, 0.3) is 0 Å². The van der Waals surface area contributed by atoms with E-state index in [0.717, 1.165) is 31.3 Å². The zero-order chi connectivity index (χ0) is 26.4. The molecule has 1 aliphatic carbocycles. The first-order valence-corrected chi connectivity index (χ1v) is 12.8. The molecule has 36 heavy (non-hydrogen) atoms. The van der Waals surface area contributed by atoms with Crippen molar-refractivity contribution in [3.05, 3.63) is 65.8 Å². The van der Waals surface area contributed by atoms with E-state index in [4.69, 9.17) is 5.73 Å². The van der Waals surface area contributed by atoms with Gasteiger partial charge < -0.3 is 21.1 Å². The topological polar surface area (TPSA) is 113 Å². The zero-order valence-corrected chi connectivity index (χ0v) is 21.6. The molecule has 1 heterocycles. The van der Waals surface area contributed by atoms with Crippen molar-refractivity contribution >= 4 is 23.5 Å². The van der Waals surface area contributed by atoms with Crippen molar-refractivity contribution in [1.82, 2.24) is 4.90 Å². The fourth-order valence-electron chi connectivity index (χ4n) is 5.44. The lowest BCUT2D eigenvalue weighted by Gasteiger charge is -2.34. The molecule has 7 nitrogen and oxygen atoms in total. The van der Waals surface area contributed by atoms with Gasteiger partial charge in [-0.05, 0) is 88.1 Å². The van der Waals surface area contributed by atoms with Crippen molar-refractivity contribution < 1.29 is 19.5 Å². The number of likely N-dealkylation sites (tertiary alicyclic amines) is 1. The third-order valence-corrected chi connectivity index (χ3v) is 7.64. The van der Waals surface area contributed by atoms with Gasteiger partial charge in [-0.2, -0.15) is 0 Å². The standard InChI is InChI=1S/C29H39N3O4/c1-5-6-7-8-18(2)24-15-16-32(28(34)22-11-9-21(10-12-22)20(4)30)26(24)27(33)31-25-14-13-23(29(35)36)17-19(25)3/h5-8,13-14,17,20-22,24,26H,2,9-12,15-16,30H2,1,3-4H3,(H,31,33)(H,35,36)/b6-5-,8-7-/t20?,21?,22?,24-,26-/m0/s1. The van der Waals surface area contributed by atoms with Crippen LogP contribution in [0.3, 0.4) is 0 Å². The summed E-state index contributed by atoms with van der Waals surface area (Å²) in [4.78, 5) is 40.3. The van der Waals surface area contributed by atoms with Crippen molar-refractivity contribution in [2.24, 2.45) is 23.5 Å². The summed E-state index contributed by atoms with van der Waals surface area (Å²) in [7, 11) is 0. The Morgan fingerprint density at radius 1 is 1.17 bits per heavy atom. The van der Waals surface area contributed by atoms with Crippen molar-refractivity contribution in [3.63, 3.8) is 0 Å². The monoisotopic (exact) mass is 493 g/mol. The molecule has 1 unspecified atom stereocenters. The summed E-state index contributed by atoms with van der Waals surface area (Å²) in [6, 6.07) is 4.05. The first kappa shape index (κ1) is 27.4. The maximum atomic E-state index is 13.7. The lowest BCUT2D eigenvalue weighted by molar-refractivity contribution is -0.141. The SMILES string of the molecule is C=C(/C=C\C=C/C)[C@@H]1CCN(C(=O)C2CCC(C(C)N)CC2)[C@@H]1C(=O)Nc1ccc(C(=O)O)cc1C. The number of aromatic carboxylic acids is 1. The molecule has 194 valence electrons. The number of hydrogen-bond donors (Lipinski definition) is 3. The van der Waals surface area contributed by atoms with Crippen molar-refractivity contribution in [1.29, 1.82) is 0 Å². The molecule has 0 radical (unpaired) electrons. The van der Waals surface area contributed by atoms with Gasteiger partial charge >= 0.3 is 5.97 Å². The summed E-state index contributed by atoms with van der Waals surface area (Å²) in [6.45, 7) is 10.4. The maximum absolute atomic E-state index is 13.7. The van der Waals surface area contributed by atoms with Crippen LogP contribution < -0.4 is 11.1 Å². The number of benzene rings is 1. The van der Waals surface area contributed by atoms with Gasteiger partial charge in [0, 0.05) is 30.1 Å². The van der Waals surface area contributed by atoms with Crippen LogP contribution in [0.1, 0.15) is 61.9 Å². The van der Waals surface area contributed by atoms with Gasteiger partial charge in [-0.15, -0.1) is 0 Å². The quantitative estimate of drug-likeness (QED) is 0.455. The van der Waals surface area contributed by atoms with Crippen LogP contribution in [-0.4, -0.2) is 46.4 Å². The number of allylic oxidation sites excluding steroid dienone is 4. The summed E-state index contributed by atoms with van der Waals surface area (Å²) in [5.74, 6) is -1.13. The van der Waals surface area contributed by atoms with Crippen LogP contribution in [0.25, 0.3) is 0 Å². The Kier molecular flexibility index (Phi) is 9.26. The molecule has 4 N–H and O–H groups in total. The molecule has 2 fully saturated rings. The van der Waals surface area contributed by atoms with E-state index in [-0.39, 0.29) is 35.3 Å². The molecule has 1 saturated carbocycles. The van der Waals surface area contributed by atoms with Crippen molar-refractivity contribution in [2.75, 3.05) is 11.9 Å². The predicted octanol–water partition coefficient (Wildman–Crippen LogP) is 4.69. The van der Waals surface area contributed by atoms with Gasteiger partial charge in [0.15, 0.2) is 0 Å². The Hall–Kier alpha value is -3.19. The molecule has 1 aromatic rings. The van der Waals surface area contributed by atoms with Crippen LogP contribution in [0, 0.1) is 24.7 Å². The number of nitrogens with zero attached hydrogens (tertiary/aromatic N) is 1. The first-order valence-electron chi connectivity index (χ1n) is 12.8. The van der Waals surface area contributed by atoms with E-state index in [2.05, 4.69) is 11.9 Å². The first-order chi connectivity index (χ1) is 17.1. The van der Waals surface area contributed by atoms with Crippen molar-refractivity contribution in [3.8, 4) is 0 Å². The minimum atomic E-state index is -1.02. The van der Waals surface area contributed by atoms with E-state index >= 15 is 0 Å². The Bertz CT molecular complexity index is 1050. The number of amides is 2. The fourth-order valence-corrected chi connectivity index (χ4v) is 5.44. The summed E-state index contributed by atoms with van der Waals surface area (Å²) < 4.78 is 0. The molecule has 1 aromatic carbocycles. The lowest BCUT2D eigenvalue weighted by atomic mass is 9.78. The lowest BCUT2D eigenvalue weighted by Crippen LogP contribution is -2.49. The third-order valence-electron chi connectivity index (χ3n) is 7.64. The molecule has 2 amide bonds. The van der Waals surface area contributed by atoms with Crippen LogP contribution in [-0.2, 0) is 9.59 Å². The second kappa shape index (κ2) is 12.2. The van der Waals surface area contributed by atoms with E-state index < -0.39 is 12.0 Å². The van der Waals surface area contributed by atoms with E-state index in [1.54, 1.807) is 17.9 Å². The van der Waals surface area contributed by atoms with Crippen LogP contribution in [0.2, 0.25) is 0 Å². The highest BCUT2D eigenvalue weighted by Crippen LogP contribution is 2.37. The van der Waals surface area contributed by atoms with E-state index in [9.17, 15) is 19.5 Å². The number of carboxylic acid groups (broad SMARTS) is 1. The second-order valence-corrected chi connectivity index (χ2v) is 10.1. The zero-order valence-electron chi connectivity index (χ0n) is 21.6. The number of nitrogens with one attached hydrogen (secondary N) is 1. The normalized spacial score (nSPS) is 25.3. The average molecular weight is 494 g/mol. The van der Waals surface area contributed by atoms with Crippen LogP contribution in [0.15, 0.2) is 54.7 Å². The highest BCUT2D eigenvalue weighted by Gasteiger charge is 2.44. The molecular weight excluding hydrogens is 454 g/mol. The Labute approximate surface area is 214 Å². The number of hydrogen-bond acceptors (Lipinski definition) is 4. The molecule has 1 saturated heterocycles. The molecule has 7 heteroatoms. The summed E-state index contributed by atoms with van der Waals surface area (Å²) in [5.41, 5.74) is 8.24. The highest BCUT2D eigenvalue weighted by atomic mass is 16.4. The Balaban J connectivity index is 1.83. The largest absolute Gasteiger partial charge is 0.478 e. The average Bonchev–Trinajstić information content (AvgIpc) is 3.30. The number of carboxylic acids is 1. The molecule has 2 aliphatic rings. The molecular formula is C29H39N3O4. The number of aryl methyl sites for hydroxylation is 1. The summed E-state index contributed by atoms with van der Waals surface area (Å²) in [6.07, 6.45) is 11.7. The Morgan fingerprint density at radius 2 is 1.86 bits per heavy atom. The number of nitrogens with two attached hydrogens (primary N) is 1. The van der Waals surface area contributed by atoms with E-state index in [1.807, 2.05) is 38.2 Å². The van der Waals surface area contributed by atoms with Crippen LogP contribution in [0.4, 0.5) is 5.69 Å². The second-order valence-electron chi connectivity index (χ2n) is 10.1. The van der Waals surface area contributed by atoms with E-state index in [0.29, 0.717) is 30.1 Å². The number of carbonyl (C=O) groups excluding carboxylic acids is 2. The fraction of sp³-hybridized carbons (Fsp3) is 0.483. The molecule has 1 aliphatic heterocycles. The number of anilines is 1. The highest BCUT2D eigenvalue weighted by molar-refractivity contribution is 5.99. The van der Waals surface area contributed by atoms with Gasteiger partial charge in [-0.25, -0.2) is 4.79 Å².